The second kappa shape index (κ2) is 6.85. The Labute approximate surface area is 154 Å². The minimum absolute atomic E-state index is 0.451. The van der Waals surface area contributed by atoms with E-state index in [9.17, 15) is 0 Å². The van der Waals surface area contributed by atoms with Gasteiger partial charge in [0.1, 0.15) is 0 Å². The fraction of sp³-hybridized carbons (Fsp3) is 0.826. The summed E-state index contributed by atoms with van der Waals surface area (Å²) in [5.41, 5.74) is 0. The lowest BCUT2D eigenvalue weighted by Gasteiger charge is -2.30. The van der Waals surface area contributed by atoms with Gasteiger partial charge in [-0.3, -0.25) is 0 Å². The van der Waals surface area contributed by atoms with Gasteiger partial charge in [-0.2, -0.15) is 0 Å². The van der Waals surface area contributed by atoms with Gasteiger partial charge in [0.15, 0.2) is 5.79 Å². The number of ether oxygens (including phenoxy) is 2. The van der Waals surface area contributed by atoms with Crippen molar-refractivity contribution in [1.29, 1.82) is 0 Å². The van der Waals surface area contributed by atoms with Crippen molar-refractivity contribution in [2.75, 3.05) is 13.2 Å². The average molecular weight is 345 g/mol. The van der Waals surface area contributed by atoms with Gasteiger partial charge in [0.25, 0.3) is 0 Å². The van der Waals surface area contributed by atoms with Crippen LogP contribution < -0.4 is 0 Å². The second-order valence-electron chi connectivity index (χ2n) is 9.62. The lowest BCUT2D eigenvalue weighted by molar-refractivity contribution is -0.217. The van der Waals surface area contributed by atoms with Crippen LogP contribution >= 0.6 is 0 Å². The molecular formula is C23H36O2. The summed E-state index contributed by atoms with van der Waals surface area (Å²) in [5, 5.41) is 0. The molecule has 0 amide bonds. The highest BCUT2D eigenvalue weighted by Gasteiger charge is 2.42. The van der Waals surface area contributed by atoms with Crippen LogP contribution in [0, 0.1) is 47.3 Å². The molecule has 2 nitrogen and oxygen atoms in total. The third-order valence-corrected chi connectivity index (χ3v) is 7.90. The Balaban J connectivity index is 1.16. The summed E-state index contributed by atoms with van der Waals surface area (Å²) >= 11 is 0. The van der Waals surface area contributed by atoms with E-state index in [1.54, 1.807) is 0 Å². The third kappa shape index (κ3) is 3.49. The summed E-state index contributed by atoms with van der Waals surface area (Å²) in [4.78, 5) is 0. The number of hydrogen-bond acceptors (Lipinski definition) is 2. The number of fused-ring (bicyclic) bond motifs is 4. The van der Waals surface area contributed by atoms with E-state index in [2.05, 4.69) is 52.0 Å². The highest BCUT2D eigenvalue weighted by Crippen LogP contribution is 2.50. The Morgan fingerprint density at radius 2 is 1.12 bits per heavy atom. The molecule has 8 atom stereocenters. The SMILES string of the molecule is CC1C2C=CC(C2)C1CCOC(C)(C)OCCC1C2C=CC(C2)C1C. The zero-order valence-electron chi connectivity index (χ0n) is 16.5. The minimum Gasteiger partial charge on any atom is -0.351 e. The highest BCUT2D eigenvalue weighted by atomic mass is 16.7. The summed E-state index contributed by atoms with van der Waals surface area (Å²) in [7, 11) is 0. The first-order chi connectivity index (χ1) is 11.9. The maximum Gasteiger partial charge on any atom is 0.162 e. The van der Waals surface area contributed by atoms with Crippen LogP contribution in [-0.2, 0) is 9.47 Å². The highest BCUT2D eigenvalue weighted by molar-refractivity contribution is 5.13. The molecule has 0 heterocycles. The molecule has 0 spiro atoms. The lowest BCUT2D eigenvalue weighted by atomic mass is 9.82. The molecule has 2 fully saturated rings. The van der Waals surface area contributed by atoms with Crippen molar-refractivity contribution < 1.29 is 9.47 Å². The first kappa shape index (κ1) is 17.8. The Kier molecular flexibility index (Phi) is 4.88. The van der Waals surface area contributed by atoms with E-state index in [-0.39, 0.29) is 0 Å². The molecule has 0 aromatic rings. The van der Waals surface area contributed by atoms with Crippen LogP contribution in [0.15, 0.2) is 24.3 Å². The summed E-state index contributed by atoms with van der Waals surface area (Å²) in [6, 6.07) is 0. The van der Waals surface area contributed by atoms with Crippen LogP contribution in [0.4, 0.5) is 0 Å². The zero-order valence-corrected chi connectivity index (χ0v) is 16.5. The largest absolute Gasteiger partial charge is 0.351 e. The van der Waals surface area contributed by atoms with E-state index in [1.165, 1.54) is 25.7 Å². The van der Waals surface area contributed by atoms with Crippen LogP contribution in [0.2, 0.25) is 0 Å². The predicted molar refractivity (Wildman–Crippen MR) is 102 cm³/mol. The molecule has 0 saturated heterocycles. The molecule has 4 aliphatic carbocycles. The molecule has 2 heteroatoms. The summed E-state index contributed by atoms with van der Waals surface area (Å²) < 4.78 is 12.3. The van der Waals surface area contributed by atoms with Crippen LogP contribution in [0.1, 0.15) is 53.4 Å². The molecule has 4 bridgehead atoms. The molecule has 0 N–H and O–H groups in total. The Morgan fingerprint density at radius 3 is 1.48 bits per heavy atom. The van der Waals surface area contributed by atoms with Crippen molar-refractivity contribution in [1.82, 2.24) is 0 Å². The van der Waals surface area contributed by atoms with Crippen LogP contribution in [0.3, 0.4) is 0 Å². The quantitative estimate of drug-likeness (QED) is 0.430. The van der Waals surface area contributed by atoms with E-state index >= 15 is 0 Å². The summed E-state index contributed by atoms with van der Waals surface area (Å²) in [6.45, 7) is 10.7. The normalized spacial score (nSPS) is 44.3. The smallest absolute Gasteiger partial charge is 0.162 e. The lowest BCUT2D eigenvalue weighted by Crippen LogP contribution is -2.31. The number of hydrogen-bond donors (Lipinski definition) is 0. The molecule has 140 valence electrons. The van der Waals surface area contributed by atoms with Crippen LogP contribution in [-0.4, -0.2) is 19.0 Å². The molecule has 0 aliphatic heterocycles. The van der Waals surface area contributed by atoms with E-state index in [0.717, 1.165) is 60.6 Å². The third-order valence-electron chi connectivity index (χ3n) is 7.90. The maximum atomic E-state index is 6.14. The first-order valence-electron chi connectivity index (χ1n) is 10.6. The van der Waals surface area contributed by atoms with Gasteiger partial charge in [0.2, 0.25) is 0 Å². The topological polar surface area (TPSA) is 18.5 Å². The van der Waals surface area contributed by atoms with Crippen molar-refractivity contribution in [3.05, 3.63) is 24.3 Å². The number of allylic oxidation sites excluding steroid dienone is 4. The zero-order chi connectivity index (χ0) is 17.6. The van der Waals surface area contributed by atoms with E-state index < -0.39 is 5.79 Å². The summed E-state index contributed by atoms with van der Waals surface area (Å²) in [5.74, 6) is 6.10. The van der Waals surface area contributed by atoms with Gasteiger partial charge in [0.05, 0.1) is 13.2 Å². The minimum atomic E-state index is -0.451. The average Bonchev–Trinajstić information content (AvgIpc) is 3.31. The van der Waals surface area contributed by atoms with Gasteiger partial charge in [-0.1, -0.05) is 38.2 Å². The van der Waals surface area contributed by atoms with E-state index in [1.807, 2.05) is 0 Å². The molecule has 0 radical (unpaired) electrons. The predicted octanol–water partition coefficient (Wildman–Crippen LogP) is 5.45. The standard InChI is InChI=1S/C23H36O2/c1-15-17-5-7-19(13-17)21(15)9-11-24-23(3,4)25-12-10-22-16(2)18-6-8-20(22)14-18/h5-8,15-22H,9-14H2,1-4H3. The maximum absolute atomic E-state index is 6.14. The molecule has 4 aliphatic rings. The monoisotopic (exact) mass is 344 g/mol. The molecule has 0 aromatic carbocycles. The Morgan fingerprint density at radius 1 is 0.720 bits per heavy atom. The molecule has 4 rings (SSSR count). The Bertz CT molecular complexity index is 488. The van der Waals surface area contributed by atoms with Gasteiger partial charge in [0, 0.05) is 0 Å². The summed E-state index contributed by atoms with van der Waals surface area (Å²) in [6.07, 6.45) is 14.9. The Hall–Kier alpha value is -0.600. The fourth-order valence-corrected chi connectivity index (χ4v) is 6.22. The van der Waals surface area contributed by atoms with Crippen molar-refractivity contribution in [3.8, 4) is 0 Å². The molecule has 8 unspecified atom stereocenters. The van der Waals surface area contributed by atoms with Gasteiger partial charge >= 0.3 is 0 Å². The van der Waals surface area contributed by atoms with E-state index in [4.69, 9.17) is 9.47 Å². The van der Waals surface area contributed by atoms with Crippen LogP contribution in [0.25, 0.3) is 0 Å². The molecule has 2 saturated carbocycles. The van der Waals surface area contributed by atoms with Gasteiger partial charge in [-0.05, 0) is 86.9 Å². The second-order valence-corrected chi connectivity index (χ2v) is 9.62. The molecular weight excluding hydrogens is 308 g/mol. The van der Waals surface area contributed by atoms with Crippen LogP contribution in [0.5, 0.6) is 0 Å². The van der Waals surface area contributed by atoms with Gasteiger partial charge < -0.3 is 9.47 Å². The molecule has 25 heavy (non-hydrogen) atoms. The molecule has 0 aromatic heterocycles. The van der Waals surface area contributed by atoms with Crippen molar-refractivity contribution in [3.63, 3.8) is 0 Å². The van der Waals surface area contributed by atoms with Crippen molar-refractivity contribution in [2.24, 2.45) is 47.3 Å². The van der Waals surface area contributed by atoms with Crippen molar-refractivity contribution in [2.45, 2.75) is 59.2 Å². The van der Waals surface area contributed by atoms with Gasteiger partial charge in [-0.15, -0.1) is 0 Å². The van der Waals surface area contributed by atoms with Crippen molar-refractivity contribution >= 4 is 0 Å². The van der Waals surface area contributed by atoms with Gasteiger partial charge in [-0.25, -0.2) is 0 Å². The fourth-order valence-electron chi connectivity index (χ4n) is 6.22. The van der Waals surface area contributed by atoms with E-state index in [0.29, 0.717) is 0 Å². The first-order valence-corrected chi connectivity index (χ1v) is 10.6. The number of rotatable bonds is 8.